The third kappa shape index (κ3) is 1.55. The Kier molecular flexibility index (Phi) is 1.79. The molecular weight excluding hydrogens is 196 g/mol. The molecule has 0 saturated heterocycles. The van der Waals surface area contributed by atoms with Crippen LogP contribution in [0.3, 0.4) is 0 Å². The predicted molar refractivity (Wildman–Crippen MR) is 41.8 cm³/mol. The zero-order valence-corrected chi connectivity index (χ0v) is 7.05. The van der Waals surface area contributed by atoms with Gasteiger partial charge in [-0.15, -0.1) is 0 Å². The Morgan fingerprint density at radius 1 is 1.70 bits per heavy atom. The second-order valence-electron chi connectivity index (χ2n) is 2.42. The van der Waals surface area contributed by atoms with E-state index in [2.05, 4.69) is 15.9 Å². The Morgan fingerprint density at radius 2 is 2.30 bits per heavy atom. The minimum absolute atomic E-state index is 0.105. The van der Waals surface area contributed by atoms with E-state index < -0.39 is 5.60 Å². The van der Waals surface area contributed by atoms with Gasteiger partial charge in [0.1, 0.15) is 0 Å². The number of halogens is 1. The second-order valence-corrected chi connectivity index (χ2v) is 3.27. The maximum atomic E-state index is 10.8. The standard InChI is InChI=1S/C7H7BrO2/c1-7(10)3-2-6(9)5(8)4-7/h2-4,10H,1H3. The first-order valence-corrected chi connectivity index (χ1v) is 3.65. The normalized spacial score (nSPS) is 32.3. The summed E-state index contributed by atoms with van der Waals surface area (Å²) in [5, 5.41) is 9.32. The molecule has 1 N–H and O–H groups in total. The molecule has 1 atom stereocenters. The summed E-state index contributed by atoms with van der Waals surface area (Å²) >= 11 is 3.03. The van der Waals surface area contributed by atoms with Crippen LogP contribution in [0.25, 0.3) is 0 Å². The molecule has 0 fully saturated rings. The van der Waals surface area contributed by atoms with Crippen molar-refractivity contribution >= 4 is 21.7 Å². The van der Waals surface area contributed by atoms with Gasteiger partial charge in [-0.05, 0) is 41.1 Å². The van der Waals surface area contributed by atoms with E-state index in [0.29, 0.717) is 4.48 Å². The predicted octanol–water partition coefficient (Wildman–Crippen LogP) is 1.16. The molecule has 1 unspecified atom stereocenters. The van der Waals surface area contributed by atoms with Crippen LogP contribution in [0.2, 0.25) is 0 Å². The molecule has 1 aliphatic carbocycles. The Bertz CT molecular complexity index is 226. The topological polar surface area (TPSA) is 37.3 Å². The molecule has 1 aliphatic rings. The van der Waals surface area contributed by atoms with Crippen molar-refractivity contribution in [2.24, 2.45) is 0 Å². The minimum Gasteiger partial charge on any atom is -0.382 e. The number of aliphatic hydroxyl groups is 1. The zero-order valence-electron chi connectivity index (χ0n) is 5.47. The maximum Gasteiger partial charge on any atom is 0.192 e. The van der Waals surface area contributed by atoms with Crippen LogP contribution in [0.1, 0.15) is 6.92 Å². The fraction of sp³-hybridized carbons (Fsp3) is 0.286. The molecule has 0 aromatic heterocycles. The highest BCUT2D eigenvalue weighted by molar-refractivity contribution is 9.12. The van der Waals surface area contributed by atoms with E-state index in [1.165, 1.54) is 18.2 Å². The van der Waals surface area contributed by atoms with Crippen LogP contribution in [-0.2, 0) is 4.79 Å². The number of carbonyl (C=O) groups excluding carboxylic acids is 1. The largest absolute Gasteiger partial charge is 0.382 e. The molecule has 0 aromatic rings. The molecule has 1 rings (SSSR count). The van der Waals surface area contributed by atoms with E-state index in [1.807, 2.05) is 0 Å². The first-order chi connectivity index (χ1) is 4.51. The summed E-state index contributed by atoms with van der Waals surface area (Å²) in [5.74, 6) is -0.105. The molecule has 0 amide bonds. The fourth-order valence-corrected chi connectivity index (χ4v) is 1.30. The van der Waals surface area contributed by atoms with Gasteiger partial charge in [-0.1, -0.05) is 0 Å². The zero-order chi connectivity index (χ0) is 7.78. The summed E-state index contributed by atoms with van der Waals surface area (Å²) in [6, 6.07) is 0. The smallest absolute Gasteiger partial charge is 0.192 e. The number of hydrogen-bond donors (Lipinski definition) is 1. The van der Waals surface area contributed by atoms with Gasteiger partial charge in [-0.2, -0.15) is 0 Å². The highest BCUT2D eigenvalue weighted by Crippen LogP contribution is 2.20. The molecule has 0 radical (unpaired) electrons. The molecule has 10 heavy (non-hydrogen) atoms. The lowest BCUT2D eigenvalue weighted by atomic mass is 10.0. The van der Waals surface area contributed by atoms with Gasteiger partial charge in [0.15, 0.2) is 5.78 Å². The monoisotopic (exact) mass is 202 g/mol. The Hall–Kier alpha value is -0.410. The SMILES string of the molecule is CC1(O)C=CC(=O)C(Br)=C1. The van der Waals surface area contributed by atoms with Crippen molar-refractivity contribution in [1.82, 2.24) is 0 Å². The van der Waals surface area contributed by atoms with Crippen molar-refractivity contribution in [2.75, 3.05) is 0 Å². The Labute approximate surface area is 67.4 Å². The Balaban J connectivity index is 2.95. The lowest BCUT2D eigenvalue weighted by Gasteiger charge is -2.16. The summed E-state index contributed by atoms with van der Waals surface area (Å²) in [6.45, 7) is 1.61. The summed E-state index contributed by atoms with van der Waals surface area (Å²) in [5.41, 5.74) is -0.979. The van der Waals surface area contributed by atoms with Crippen LogP contribution in [-0.4, -0.2) is 16.5 Å². The molecule has 0 spiro atoms. The third-order valence-electron chi connectivity index (χ3n) is 1.23. The van der Waals surface area contributed by atoms with Gasteiger partial charge in [0, 0.05) is 0 Å². The maximum absolute atomic E-state index is 10.8. The van der Waals surface area contributed by atoms with E-state index in [4.69, 9.17) is 0 Å². The van der Waals surface area contributed by atoms with Crippen molar-refractivity contribution in [2.45, 2.75) is 12.5 Å². The van der Waals surface area contributed by atoms with Gasteiger partial charge in [0.25, 0.3) is 0 Å². The van der Waals surface area contributed by atoms with Gasteiger partial charge in [0.2, 0.25) is 0 Å². The van der Waals surface area contributed by atoms with Gasteiger partial charge in [-0.25, -0.2) is 0 Å². The second kappa shape index (κ2) is 2.32. The van der Waals surface area contributed by atoms with Gasteiger partial charge in [-0.3, -0.25) is 4.79 Å². The molecule has 0 aliphatic heterocycles. The lowest BCUT2D eigenvalue weighted by molar-refractivity contribution is -0.111. The van der Waals surface area contributed by atoms with Crippen LogP contribution >= 0.6 is 15.9 Å². The minimum atomic E-state index is -0.979. The van der Waals surface area contributed by atoms with Gasteiger partial charge in [0.05, 0.1) is 10.1 Å². The van der Waals surface area contributed by atoms with E-state index in [1.54, 1.807) is 6.92 Å². The van der Waals surface area contributed by atoms with E-state index in [-0.39, 0.29) is 5.78 Å². The van der Waals surface area contributed by atoms with Crippen LogP contribution in [0.4, 0.5) is 0 Å². The first kappa shape index (κ1) is 7.69. The average molecular weight is 203 g/mol. The van der Waals surface area contributed by atoms with Crippen LogP contribution in [0.5, 0.6) is 0 Å². The van der Waals surface area contributed by atoms with Crippen molar-refractivity contribution in [3.63, 3.8) is 0 Å². The highest BCUT2D eigenvalue weighted by atomic mass is 79.9. The van der Waals surface area contributed by atoms with Crippen molar-refractivity contribution < 1.29 is 9.90 Å². The summed E-state index contributed by atoms with van der Waals surface area (Å²) in [4.78, 5) is 10.8. The quantitative estimate of drug-likeness (QED) is 0.641. The molecular formula is C7H7BrO2. The number of hydrogen-bond acceptors (Lipinski definition) is 2. The van der Waals surface area contributed by atoms with Gasteiger partial charge >= 0.3 is 0 Å². The Morgan fingerprint density at radius 3 is 2.70 bits per heavy atom. The molecule has 0 aromatic carbocycles. The summed E-state index contributed by atoms with van der Waals surface area (Å²) in [7, 11) is 0. The number of carbonyl (C=O) groups is 1. The van der Waals surface area contributed by atoms with E-state index in [0.717, 1.165) is 0 Å². The van der Waals surface area contributed by atoms with E-state index >= 15 is 0 Å². The highest BCUT2D eigenvalue weighted by Gasteiger charge is 2.20. The van der Waals surface area contributed by atoms with Crippen LogP contribution < -0.4 is 0 Å². The molecule has 54 valence electrons. The first-order valence-electron chi connectivity index (χ1n) is 2.85. The molecule has 0 saturated carbocycles. The van der Waals surface area contributed by atoms with Crippen molar-refractivity contribution in [3.8, 4) is 0 Å². The van der Waals surface area contributed by atoms with Gasteiger partial charge < -0.3 is 5.11 Å². The molecule has 0 bridgehead atoms. The van der Waals surface area contributed by atoms with E-state index in [9.17, 15) is 9.90 Å². The number of rotatable bonds is 0. The van der Waals surface area contributed by atoms with Crippen molar-refractivity contribution in [3.05, 3.63) is 22.7 Å². The summed E-state index contributed by atoms with van der Waals surface area (Å²) in [6.07, 6.45) is 4.28. The average Bonchev–Trinajstić information content (AvgIpc) is 1.79. The number of allylic oxidation sites excluding steroid dienone is 2. The molecule has 0 heterocycles. The van der Waals surface area contributed by atoms with Crippen LogP contribution in [0, 0.1) is 0 Å². The lowest BCUT2D eigenvalue weighted by Crippen LogP contribution is -2.21. The molecule has 2 nitrogen and oxygen atoms in total. The van der Waals surface area contributed by atoms with Crippen molar-refractivity contribution in [1.29, 1.82) is 0 Å². The number of ketones is 1. The summed E-state index contributed by atoms with van der Waals surface area (Å²) < 4.78 is 0.417. The third-order valence-corrected chi connectivity index (χ3v) is 1.85. The van der Waals surface area contributed by atoms with Crippen LogP contribution in [0.15, 0.2) is 22.7 Å². The molecule has 3 heteroatoms. The fourth-order valence-electron chi connectivity index (χ4n) is 0.700.